The summed E-state index contributed by atoms with van der Waals surface area (Å²) in [6, 6.07) is 10.5. The average molecular weight is 342 g/mol. The molecule has 0 spiro atoms. The second-order valence-electron chi connectivity index (χ2n) is 8.00. The van der Waals surface area contributed by atoms with Crippen molar-refractivity contribution in [3.05, 3.63) is 41.6 Å². The molecule has 0 aliphatic rings. The Bertz CT molecular complexity index is 711. The summed E-state index contributed by atoms with van der Waals surface area (Å²) in [4.78, 5) is 0. The predicted molar refractivity (Wildman–Crippen MR) is 103 cm³/mol. The Labute approximate surface area is 142 Å². The van der Waals surface area contributed by atoms with Gasteiger partial charge >= 0.3 is 0 Å². The zero-order valence-corrected chi connectivity index (χ0v) is 17.1. The van der Waals surface area contributed by atoms with Gasteiger partial charge in [0.25, 0.3) is 0 Å². The number of nitrogens with zero attached hydrogens (tertiary/aromatic N) is 3. The molecule has 0 fully saturated rings. The van der Waals surface area contributed by atoms with E-state index >= 15 is 0 Å². The lowest BCUT2D eigenvalue weighted by Gasteiger charge is -2.13. The van der Waals surface area contributed by atoms with Gasteiger partial charge in [-0.3, -0.25) is 0 Å². The molecule has 0 saturated carbocycles. The summed E-state index contributed by atoms with van der Waals surface area (Å²) in [6.07, 6.45) is 0.955. The van der Waals surface area contributed by atoms with Crippen molar-refractivity contribution in [1.29, 1.82) is 0 Å². The van der Waals surface area contributed by atoms with Crippen LogP contribution < -0.4 is 5.32 Å². The molecule has 0 aliphatic heterocycles. The van der Waals surface area contributed by atoms with E-state index in [1.807, 2.05) is 10.7 Å². The fraction of sp³-hybridized carbons (Fsp3) is 0.444. The summed E-state index contributed by atoms with van der Waals surface area (Å²) in [6.45, 7) is 14.6. The first-order chi connectivity index (χ1) is 10.7. The van der Waals surface area contributed by atoms with E-state index in [1.54, 1.807) is 0 Å². The summed E-state index contributed by atoms with van der Waals surface area (Å²) < 4.78 is 2.01. The molecular formula is C18H27N3Si2. The Morgan fingerprint density at radius 1 is 1.00 bits per heavy atom. The lowest BCUT2D eigenvalue weighted by atomic mass is 10.1. The van der Waals surface area contributed by atoms with E-state index in [-0.39, 0.29) is 0 Å². The molecule has 0 amide bonds. The molecule has 2 rings (SSSR count). The first-order valence-corrected chi connectivity index (χ1v) is 15.2. The molecule has 1 aromatic carbocycles. The van der Waals surface area contributed by atoms with Crippen molar-refractivity contribution < 1.29 is 0 Å². The van der Waals surface area contributed by atoms with Gasteiger partial charge in [-0.05, 0) is 12.0 Å². The van der Waals surface area contributed by atoms with Crippen molar-refractivity contribution in [2.24, 2.45) is 0 Å². The molecule has 0 radical (unpaired) electrons. The van der Waals surface area contributed by atoms with Gasteiger partial charge in [0.05, 0.1) is 5.32 Å². The summed E-state index contributed by atoms with van der Waals surface area (Å²) in [7, 11) is -2.96. The van der Waals surface area contributed by atoms with Crippen LogP contribution in [0.3, 0.4) is 0 Å². The standard InChI is InChI=1S/C18H27N3Si2/c1-22(2,3)15-13-17-18(23(4,5)6)19-20-21(17)14-12-16-10-8-7-9-11-16/h7-11H,12,14H2,1-6H3. The van der Waals surface area contributed by atoms with Gasteiger partial charge in [0, 0.05) is 6.54 Å². The van der Waals surface area contributed by atoms with Crippen LogP contribution in [-0.4, -0.2) is 31.1 Å². The molecule has 3 nitrogen and oxygen atoms in total. The van der Waals surface area contributed by atoms with Crippen LogP contribution in [0, 0.1) is 11.5 Å². The molecule has 2 aromatic rings. The Morgan fingerprint density at radius 3 is 2.22 bits per heavy atom. The second-order valence-corrected chi connectivity index (χ2v) is 17.7. The van der Waals surface area contributed by atoms with Crippen LogP contribution >= 0.6 is 0 Å². The van der Waals surface area contributed by atoms with Crippen LogP contribution in [0.1, 0.15) is 11.3 Å². The van der Waals surface area contributed by atoms with E-state index in [0.29, 0.717) is 0 Å². The number of hydrogen-bond acceptors (Lipinski definition) is 2. The van der Waals surface area contributed by atoms with Crippen molar-refractivity contribution in [2.75, 3.05) is 0 Å². The molecule has 1 aromatic heterocycles. The van der Waals surface area contributed by atoms with E-state index in [1.165, 1.54) is 5.56 Å². The quantitative estimate of drug-likeness (QED) is 0.631. The van der Waals surface area contributed by atoms with Crippen LogP contribution in [0.2, 0.25) is 39.3 Å². The maximum Gasteiger partial charge on any atom is 0.129 e. The Hall–Kier alpha value is -1.65. The van der Waals surface area contributed by atoms with Crippen molar-refractivity contribution >= 4 is 21.5 Å². The van der Waals surface area contributed by atoms with Crippen molar-refractivity contribution in [3.8, 4) is 11.5 Å². The number of benzene rings is 1. The van der Waals surface area contributed by atoms with Gasteiger partial charge in [0.2, 0.25) is 0 Å². The van der Waals surface area contributed by atoms with Gasteiger partial charge in [-0.1, -0.05) is 80.7 Å². The van der Waals surface area contributed by atoms with Crippen LogP contribution in [0.5, 0.6) is 0 Å². The highest BCUT2D eigenvalue weighted by molar-refractivity contribution is 6.88. The van der Waals surface area contributed by atoms with Gasteiger partial charge < -0.3 is 0 Å². The lowest BCUT2D eigenvalue weighted by molar-refractivity contribution is 0.584. The largest absolute Gasteiger partial charge is 0.237 e. The van der Waals surface area contributed by atoms with Gasteiger partial charge in [-0.2, -0.15) is 0 Å². The summed E-state index contributed by atoms with van der Waals surface area (Å²) in [5.74, 6) is 3.43. The average Bonchev–Trinajstić information content (AvgIpc) is 2.86. The van der Waals surface area contributed by atoms with Crippen LogP contribution in [0.15, 0.2) is 30.3 Å². The van der Waals surface area contributed by atoms with E-state index in [9.17, 15) is 0 Å². The second kappa shape index (κ2) is 6.85. The fourth-order valence-corrected chi connectivity index (χ4v) is 3.96. The molecule has 23 heavy (non-hydrogen) atoms. The third kappa shape index (κ3) is 5.19. The topological polar surface area (TPSA) is 30.7 Å². The number of aromatic nitrogens is 3. The molecule has 122 valence electrons. The summed E-state index contributed by atoms with van der Waals surface area (Å²) in [5.41, 5.74) is 5.85. The summed E-state index contributed by atoms with van der Waals surface area (Å²) in [5, 5.41) is 10.0. The van der Waals surface area contributed by atoms with Crippen LogP contribution in [0.25, 0.3) is 0 Å². The minimum atomic E-state index is -1.54. The molecule has 0 unspecified atom stereocenters. The molecule has 0 saturated heterocycles. The summed E-state index contributed by atoms with van der Waals surface area (Å²) >= 11 is 0. The normalized spacial score (nSPS) is 11.9. The van der Waals surface area contributed by atoms with Gasteiger partial charge in [-0.15, -0.1) is 10.6 Å². The first-order valence-electron chi connectivity index (χ1n) is 8.18. The van der Waals surface area contributed by atoms with E-state index in [4.69, 9.17) is 0 Å². The number of rotatable bonds is 4. The monoisotopic (exact) mass is 341 g/mol. The molecular weight excluding hydrogens is 314 g/mol. The van der Waals surface area contributed by atoms with Gasteiger partial charge in [0.1, 0.15) is 21.8 Å². The van der Waals surface area contributed by atoms with Gasteiger partial charge in [0.15, 0.2) is 0 Å². The maximum atomic E-state index is 4.49. The molecule has 0 N–H and O–H groups in total. The minimum Gasteiger partial charge on any atom is -0.237 e. The number of hydrogen-bond donors (Lipinski definition) is 0. The lowest BCUT2D eigenvalue weighted by Crippen LogP contribution is -2.41. The molecule has 1 heterocycles. The molecule has 0 atom stereocenters. The third-order valence-corrected chi connectivity index (χ3v) is 6.09. The Kier molecular flexibility index (Phi) is 5.27. The van der Waals surface area contributed by atoms with Crippen molar-refractivity contribution in [2.45, 2.75) is 52.2 Å². The van der Waals surface area contributed by atoms with E-state index in [0.717, 1.165) is 24.0 Å². The Morgan fingerprint density at radius 2 is 1.65 bits per heavy atom. The number of aryl methyl sites for hydroxylation is 2. The SMILES string of the molecule is C[Si](C)(C)C#Cc1c([Si](C)(C)C)nnn1CCc1ccccc1. The first kappa shape index (κ1) is 17.7. The van der Waals surface area contributed by atoms with Crippen molar-refractivity contribution in [1.82, 2.24) is 15.0 Å². The molecule has 5 heteroatoms. The highest BCUT2D eigenvalue weighted by atomic mass is 28.3. The Balaban J connectivity index is 2.32. The third-order valence-electron chi connectivity index (χ3n) is 3.46. The van der Waals surface area contributed by atoms with Crippen molar-refractivity contribution in [3.63, 3.8) is 0 Å². The highest BCUT2D eigenvalue weighted by Gasteiger charge is 2.26. The van der Waals surface area contributed by atoms with Crippen LogP contribution in [0.4, 0.5) is 0 Å². The molecule has 0 bridgehead atoms. The zero-order chi connectivity index (χ0) is 17.1. The molecule has 0 aliphatic carbocycles. The van der Waals surface area contributed by atoms with Gasteiger partial charge in [-0.25, -0.2) is 4.68 Å². The smallest absolute Gasteiger partial charge is 0.129 e. The fourth-order valence-electron chi connectivity index (χ4n) is 2.22. The minimum absolute atomic E-state index is 0.831. The zero-order valence-electron chi connectivity index (χ0n) is 15.1. The predicted octanol–water partition coefficient (Wildman–Crippen LogP) is 3.29. The highest BCUT2D eigenvalue weighted by Crippen LogP contribution is 2.08. The van der Waals surface area contributed by atoms with E-state index in [2.05, 4.69) is 85.3 Å². The maximum absolute atomic E-state index is 4.49. The van der Waals surface area contributed by atoms with Crippen LogP contribution in [-0.2, 0) is 13.0 Å². The van der Waals surface area contributed by atoms with E-state index < -0.39 is 16.1 Å².